The van der Waals surface area contributed by atoms with Crippen LogP contribution in [0.5, 0.6) is 0 Å². The van der Waals surface area contributed by atoms with Crippen LogP contribution in [0.4, 0.5) is 5.82 Å². The molecule has 102 valence electrons. The minimum absolute atomic E-state index is 0. The van der Waals surface area contributed by atoms with Crippen molar-refractivity contribution in [2.75, 3.05) is 31.3 Å². The summed E-state index contributed by atoms with van der Waals surface area (Å²) in [7, 11) is 2.07. The minimum Gasteiger partial charge on any atom is -0.355 e. The summed E-state index contributed by atoms with van der Waals surface area (Å²) in [6, 6.07) is 2.32. The molecule has 2 heterocycles. The lowest BCUT2D eigenvalue weighted by atomic mass is 10.1. The van der Waals surface area contributed by atoms with Gasteiger partial charge in [-0.2, -0.15) is 0 Å². The van der Waals surface area contributed by atoms with E-state index in [4.69, 9.17) is 11.6 Å². The summed E-state index contributed by atoms with van der Waals surface area (Å²) in [6.45, 7) is 2.12. The molecule has 7 heteroatoms. The summed E-state index contributed by atoms with van der Waals surface area (Å²) in [5, 5.41) is 4.64. The van der Waals surface area contributed by atoms with E-state index in [9.17, 15) is 0 Å². The maximum absolute atomic E-state index is 6.01. The zero-order valence-electron chi connectivity index (χ0n) is 10.5. The minimum atomic E-state index is 0. The predicted octanol–water partition coefficient (Wildman–Crippen LogP) is 2.46. The Hall–Kier alpha value is -0.230. The van der Waals surface area contributed by atoms with Crippen LogP contribution in [0.2, 0.25) is 5.15 Å². The topological polar surface area (TPSA) is 41.1 Å². The third-order valence-corrected chi connectivity index (χ3v) is 3.76. The number of hydrogen-bond donors (Lipinski definition) is 1. The first-order valence-corrected chi connectivity index (χ1v) is 7.33. The molecule has 0 aromatic carbocycles. The molecule has 4 nitrogen and oxygen atoms in total. The van der Waals surface area contributed by atoms with Gasteiger partial charge in [0.1, 0.15) is 11.0 Å². The van der Waals surface area contributed by atoms with Gasteiger partial charge in [0, 0.05) is 25.7 Å². The van der Waals surface area contributed by atoms with Crippen LogP contribution in [0.25, 0.3) is 0 Å². The monoisotopic (exact) mass is 308 g/mol. The van der Waals surface area contributed by atoms with Gasteiger partial charge in [0.15, 0.2) is 5.16 Å². The lowest BCUT2D eigenvalue weighted by Gasteiger charge is -2.32. The second-order valence-electron chi connectivity index (χ2n) is 4.15. The molecule has 1 aliphatic heterocycles. The molecule has 0 amide bonds. The van der Waals surface area contributed by atoms with Gasteiger partial charge < -0.3 is 10.2 Å². The van der Waals surface area contributed by atoms with Gasteiger partial charge in [-0.05, 0) is 25.6 Å². The highest BCUT2D eigenvalue weighted by Crippen LogP contribution is 2.22. The third-order valence-electron chi connectivity index (χ3n) is 3.02. The van der Waals surface area contributed by atoms with Crippen LogP contribution in [-0.4, -0.2) is 42.4 Å². The molecular formula is C11H18Cl2N4S. The Balaban J connectivity index is 0.00000162. The van der Waals surface area contributed by atoms with Gasteiger partial charge in [-0.3, -0.25) is 0 Å². The average molecular weight is 309 g/mol. The number of nitrogens with zero attached hydrogens (tertiary/aromatic N) is 3. The molecule has 1 aromatic rings. The molecule has 0 bridgehead atoms. The number of piperidine rings is 1. The summed E-state index contributed by atoms with van der Waals surface area (Å²) in [6.07, 6.45) is 4.36. The molecule has 1 aliphatic rings. The average Bonchev–Trinajstić information content (AvgIpc) is 2.38. The van der Waals surface area contributed by atoms with E-state index >= 15 is 0 Å². The van der Waals surface area contributed by atoms with Crippen molar-refractivity contribution in [3.63, 3.8) is 0 Å². The Kier molecular flexibility index (Phi) is 6.49. The fourth-order valence-electron chi connectivity index (χ4n) is 2.01. The molecule has 1 saturated heterocycles. The zero-order valence-corrected chi connectivity index (χ0v) is 12.9. The lowest BCUT2D eigenvalue weighted by Crippen LogP contribution is -2.44. The van der Waals surface area contributed by atoms with E-state index in [1.165, 1.54) is 24.6 Å². The summed E-state index contributed by atoms with van der Waals surface area (Å²) in [4.78, 5) is 10.8. The molecule has 2 rings (SSSR count). The van der Waals surface area contributed by atoms with Gasteiger partial charge in [-0.15, -0.1) is 12.4 Å². The number of halogens is 2. The van der Waals surface area contributed by atoms with Crippen molar-refractivity contribution in [3.8, 4) is 0 Å². The van der Waals surface area contributed by atoms with Crippen molar-refractivity contribution in [3.05, 3.63) is 11.2 Å². The number of rotatable bonds is 3. The third kappa shape index (κ3) is 3.88. The Morgan fingerprint density at radius 2 is 2.28 bits per heavy atom. The fourth-order valence-corrected chi connectivity index (χ4v) is 2.61. The van der Waals surface area contributed by atoms with Gasteiger partial charge in [0.2, 0.25) is 0 Å². The first kappa shape index (κ1) is 15.8. The van der Waals surface area contributed by atoms with E-state index in [2.05, 4.69) is 27.2 Å². The maximum atomic E-state index is 6.01. The number of likely N-dealkylation sites (N-methyl/N-ethyl adjacent to an activating group) is 1. The number of thioether (sulfide) groups is 1. The van der Waals surface area contributed by atoms with Crippen LogP contribution >= 0.6 is 35.8 Å². The molecular weight excluding hydrogens is 291 g/mol. The first-order chi connectivity index (χ1) is 8.20. The highest BCUT2D eigenvalue weighted by molar-refractivity contribution is 7.98. The van der Waals surface area contributed by atoms with Crippen molar-refractivity contribution >= 4 is 41.6 Å². The summed E-state index contributed by atoms with van der Waals surface area (Å²) in [5.74, 6) is 0.906. The van der Waals surface area contributed by atoms with Crippen LogP contribution in [0.1, 0.15) is 12.8 Å². The van der Waals surface area contributed by atoms with Crippen molar-refractivity contribution in [1.82, 2.24) is 15.3 Å². The Labute approximate surface area is 123 Å². The Morgan fingerprint density at radius 3 is 2.89 bits per heavy atom. The SMILES string of the molecule is CSc1nc(Cl)cc(N(C)[C@@H]2CCCNC2)n1.Cl. The van der Waals surface area contributed by atoms with Crippen LogP contribution in [0.15, 0.2) is 11.2 Å². The van der Waals surface area contributed by atoms with Crippen LogP contribution in [0.3, 0.4) is 0 Å². The molecule has 1 atom stereocenters. The second kappa shape index (κ2) is 7.38. The molecule has 1 N–H and O–H groups in total. The Bertz CT molecular complexity index is 385. The quantitative estimate of drug-likeness (QED) is 0.528. The van der Waals surface area contributed by atoms with Gasteiger partial charge in [-0.25, -0.2) is 9.97 Å². The van der Waals surface area contributed by atoms with Gasteiger partial charge in [-0.1, -0.05) is 23.4 Å². The molecule has 0 unspecified atom stereocenters. The lowest BCUT2D eigenvalue weighted by molar-refractivity contribution is 0.442. The fraction of sp³-hybridized carbons (Fsp3) is 0.636. The van der Waals surface area contributed by atoms with E-state index in [0.29, 0.717) is 11.2 Å². The first-order valence-electron chi connectivity index (χ1n) is 5.73. The predicted molar refractivity (Wildman–Crippen MR) is 80.4 cm³/mol. The summed E-state index contributed by atoms with van der Waals surface area (Å²) in [5.41, 5.74) is 0. The number of nitrogens with one attached hydrogen (secondary N) is 1. The summed E-state index contributed by atoms with van der Waals surface area (Å²) >= 11 is 7.52. The molecule has 0 saturated carbocycles. The van der Waals surface area contributed by atoms with Crippen molar-refractivity contribution < 1.29 is 0 Å². The molecule has 0 radical (unpaired) electrons. The highest BCUT2D eigenvalue weighted by Gasteiger charge is 2.19. The smallest absolute Gasteiger partial charge is 0.190 e. The molecule has 0 spiro atoms. The largest absolute Gasteiger partial charge is 0.355 e. The highest BCUT2D eigenvalue weighted by atomic mass is 35.5. The van der Waals surface area contributed by atoms with Crippen molar-refractivity contribution in [1.29, 1.82) is 0 Å². The molecule has 0 aliphatic carbocycles. The standard InChI is InChI=1S/C11H17ClN4S.ClH/c1-16(8-4-3-5-13-7-8)10-6-9(12)14-11(15-10)17-2;/h6,8,13H,3-5,7H2,1-2H3;1H/t8-;/m1./s1. The second-order valence-corrected chi connectivity index (χ2v) is 5.31. The molecule has 18 heavy (non-hydrogen) atoms. The Morgan fingerprint density at radius 1 is 1.50 bits per heavy atom. The zero-order chi connectivity index (χ0) is 12.3. The van der Waals surface area contributed by atoms with E-state index in [0.717, 1.165) is 24.1 Å². The van der Waals surface area contributed by atoms with E-state index in [1.807, 2.05) is 12.3 Å². The van der Waals surface area contributed by atoms with Crippen molar-refractivity contribution in [2.45, 2.75) is 24.0 Å². The van der Waals surface area contributed by atoms with Crippen LogP contribution < -0.4 is 10.2 Å². The van der Waals surface area contributed by atoms with Crippen LogP contribution in [-0.2, 0) is 0 Å². The van der Waals surface area contributed by atoms with Gasteiger partial charge >= 0.3 is 0 Å². The van der Waals surface area contributed by atoms with E-state index in [-0.39, 0.29) is 12.4 Å². The number of hydrogen-bond acceptors (Lipinski definition) is 5. The van der Waals surface area contributed by atoms with Gasteiger partial charge in [0.05, 0.1) is 0 Å². The van der Waals surface area contributed by atoms with E-state index in [1.54, 1.807) is 0 Å². The number of aromatic nitrogens is 2. The van der Waals surface area contributed by atoms with Gasteiger partial charge in [0.25, 0.3) is 0 Å². The molecule has 1 fully saturated rings. The maximum Gasteiger partial charge on any atom is 0.190 e. The normalized spacial score (nSPS) is 19.2. The van der Waals surface area contributed by atoms with Crippen molar-refractivity contribution in [2.24, 2.45) is 0 Å². The number of anilines is 1. The van der Waals surface area contributed by atoms with Crippen LogP contribution in [0, 0.1) is 0 Å². The van der Waals surface area contributed by atoms with E-state index < -0.39 is 0 Å². The molecule has 1 aromatic heterocycles. The summed E-state index contributed by atoms with van der Waals surface area (Å²) < 4.78 is 0.